The molecular formula is C12H24OS2. The summed E-state index contributed by atoms with van der Waals surface area (Å²) in [5.41, 5.74) is 0. The molecular weight excluding hydrogens is 224 g/mol. The second kappa shape index (κ2) is 12.4. The molecule has 0 fully saturated rings. The third kappa shape index (κ3) is 14.4. The van der Waals surface area contributed by atoms with Gasteiger partial charge in [-0.25, -0.2) is 0 Å². The first-order valence-corrected chi connectivity index (χ1v) is 8.39. The highest BCUT2D eigenvalue weighted by Gasteiger charge is 1.95. The van der Waals surface area contributed by atoms with Gasteiger partial charge in [-0.05, 0) is 17.2 Å². The predicted molar refractivity (Wildman–Crippen MR) is 73.3 cm³/mol. The van der Waals surface area contributed by atoms with Crippen LogP contribution < -0.4 is 0 Å². The highest BCUT2D eigenvalue weighted by molar-refractivity contribution is 8.82. The molecule has 0 aromatic carbocycles. The maximum Gasteiger partial charge on any atom is 0.196 e. The zero-order valence-electron chi connectivity index (χ0n) is 10.1. The fourth-order valence-corrected chi connectivity index (χ4v) is 3.09. The van der Waals surface area contributed by atoms with Gasteiger partial charge < -0.3 is 0 Å². The third-order valence-electron chi connectivity index (χ3n) is 2.26. The lowest BCUT2D eigenvalue weighted by Crippen LogP contribution is -1.83. The van der Waals surface area contributed by atoms with Crippen molar-refractivity contribution in [3.05, 3.63) is 0 Å². The van der Waals surface area contributed by atoms with E-state index >= 15 is 0 Å². The first kappa shape index (κ1) is 15.4. The van der Waals surface area contributed by atoms with Gasteiger partial charge in [0.1, 0.15) is 0 Å². The number of hydrogen-bond acceptors (Lipinski definition) is 3. The zero-order chi connectivity index (χ0) is 11.4. The molecule has 90 valence electrons. The average Bonchev–Trinajstić information content (AvgIpc) is 2.20. The van der Waals surface area contributed by atoms with Crippen LogP contribution in [0.4, 0.5) is 0 Å². The normalized spacial score (nSPS) is 10.5. The Morgan fingerprint density at radius 2 is 1.47 bits per heavy atom. The van der Waals surface area contributed by atoms with Gasteiger partial charge in [0.2, 0.25) is 0 Å². The number of hydrogen-bond donors (Lipinski definition) is 0. The molecule has 3 heteroatoms. The van der Waals surface area contributed by atoms with Crippen LogP contribution in [0.15, 0.2) is 0 Å². The molecule has 0 radical (unpaired) electrons. The van der Waals surface area contributed by atoms with Gasteiger partial charge in [-0.3, -0.25) is 4.79 Å². The molecule has 0 aromatic heterocycles. The van der Waals surface area contributed by atoms with Crippen molar-refractivity contribution in [3.63, 3.8) is 0 Å². The largest absolute Gasteiger partial charge is 0.287 e. The van der Waals surface area contributed by atoms with Gasteiger partial charge >= 0.3 is 0 Å². The van der Waals surface area contributed by atoms with Crippen molar-refractivity contribution in [1.82, 2.24) is 0 Å². The second-order valence-electron chi connectivity index (χ2n) is 3.87. The first-order valence-electron chi connectivity index (χ1n) is 6.07. The van der Waals surface area contributed by atoms with Crippen molar-refractivity contribution in [2.75, 3.05) is 5.75 Å². The predicted octanol–water partition coefficient (Wildman–Crippen LogP) is 5.06. The zero-order valence-corrected chi connectivity index (χ0v) is 11.7. The van der Waals surface area contributed by atoms with E-state index in [1.807, 2.05) is 0 Å². The molecule has 0 atom stereocenters. The summed E-state index contributed by atoms with van der Waals surface area (Å²) in [5.74, 6) is 1.12. The molecule has 0 saturated carbocycles. The van der Waals surface area contributed by atoms with Gasteiger partial charge in [0.15, 0.2) is 5.12 Å². The molecule has 0 spiro atoms. The Morgan fingerprint density at radius 3 is 2.00 bits per heavy atom. The lowest BCUT2D eigenvalue weighted by atomic mass is 10.1. The quantitative estimate of drug-likeness (QED) is 0.397. The van der Waals surface area contributed by atoms with E-state index in [9.17, 15) is 4.79 Å². The molecule has 0 aliphatic rings. The molecule has 1 nitrogen and oxygen atoms in total. The van der Waals surface area contributed by atoms with E-state index < -0.39 is 0 Å². The Bertz CT molecular complexity index is 149. The van der Waals surface area contributed by atoms with Crippen molar-refractivity contribution in [2.45, 2.75) is 65.2 Å². The average molecular weight is 248 g/mol. The molecule has 0 aliphatic heterocycles. The minimum absolute atomic E-state index is 0.222. The Labute approximate surface area is 103 Å². The van der Waals surface area contributed by atoms with Crippen LogP contribution >= 0.6 is 21.6 Å². The van der Waals surface area contributed by atoms with Gasteiger partial charge in [-0.2, -0.15) is 0 Å². The van der Waals surface area contributed by atoms with Crippen molar-refractivity contribution in [3.8, 4) is 0 Å². The van der Waals surface area contributed by atoms with Gasteiger partial charge in [-0.1, -0.05) is 62.7 Å². The molecule has 0 N–H and O–H groups in total. The maximum atomic E-state index is 10.6. The van der Waals surface area contributed by atoms with Crippen LogP contribution in [0, 0.1) is 0 Å². The fraction of sp³-hybridized carbons (Fsp3) is 0.917. The number of unbranched alkanes of at least 4 members (excludes halogenated alkanes) is 7. The van der Waals surface area contributed by atoms with Crippen LogP contribution in [0.25, 0.3) is 0 Å². The maximum absolute atomic E-state index is 10.6. The van der Waals surface area contributed by atoms with Crippen molar-refractivity contribution >= 4 is 26.7 Å². The first-order chi connectivity index (χ1) is 7.27. The van der Waals surface area contributed by atoms with E-state index in [2.05, 4.69) is 6.92 Å². The molecule has 0 bridgehead atoms. The summed E-state index contributed by atoms with van der Waals surface area (Å²) < 4.78 is 0. The van der Waals surface area contributed by atoms with E-state index in [4.69, 9.17) is 0 Å². The summed E-state index contributed by atoms with van der Waals surface area (Å²) in [6.45, 7) is 3.88. The second-order valence-corrected chi connectivity index (χ2v) is 6.46. The number of carbonyl (C=O) groups excluding carboxylic acids is 1. The molecule has 0 amide bonds. The standard InChI is InChI=1S/C12H24OS2/c1-3-4-5-6-7-8-9-10-11-14-15-12(2)13/h3-11H2,1-2H3. The molecule has 0 aromatic rings. The topological polar surface area (TPSA) is 17.1 Å². The summed E-state index contributed by atoms with van der Waals surface area (Å²) in [6, 6.07) is 0. The smallest absolute Gasteiger partial charge is 0.196 e. The summed E-state index contributed by atoms with van der Waals surface area (Å²) in [4.78, 5) is 10.6. The molecule has 0 unspecified atom stereocenters. The minimum Gasteiger partial charge on any atom is -0.287 e. The fourth-order valence-electron chi connectivity index (χ4n) is 1.42. The third-order valence-corrected chi connectivity index (χ3v) is 4.62. The molecule has 0 aliphatic carbocycles. The molecule has 0 saturated heterocycles. The van der Waals surface area contributed by atoms with Gasteiger partial charge in [0.25, 0.3) is 0 Å². The van der Waals surface area contributed by atoms with E-state index in [0.717, 1.165) is 5.75 Å². The van der Waals surface area contributed by atoms with E-state index in [1.165, 1.54) is 62.2 Å². The SMILES string of the molecule is CCCCCCCCCCSSC(C)=O. The lowest BCUT2D eigenvalue weighted by Gasteiger charge is -2.00. The van der Waals surface area contributed by atoms with Crippen LogP contribution in [0.5, 0.6) is 0 Å². The number of carbonyl (C=O) groups is 1. The Hall–Kier alpha value is 0.370. The number of rotatable bonds is 10. The van der Waals surface area contributed by atoms with Crippen LogP contribution in [0.1, 0.15) is 65.2 Å². The van der Waals surface area contributed by atoms with E-state index in [1.54, 1.807) is 17.7 Å². The summed E-state index contributed by atoms with van der Waals surface area (Å²) in [7, 11) is 3.08. The molecule has 15 heavy (non-hydrogen) atoms. The van der Waals surface area contributed by atoms with Crippen molar-refractivity contribution in [2.24, 2.45) is 0 Å². The lowest BCUT2D eigenvalue weighted by molar-refractivity contribution is -0.109. The monoisotopic (exact) mass is 248 g/mol. The molecule has 0 heterocycles. The van der Waals surface area contributed by atoms with Crippen molar-refractivity contribution in [1.29, 1.82) is 0 Å². The summed E-state index contributed by atoms with van der Waals surface area (Å²) in [6.07, 6.45) is 10.9. The Kier molecular flexibility index (Phi) is 12.7. The van der Waals surface area contributed by atoms with Crippen LogP contribution in [0.2, 0.25) is 0 Å². The van der Waals surface area contributed by atoms with Crippen LogP contribution in [-0.4, -0.2) is 10.9 Å². The van der Waals surface area contributed by atoms with Crippen LogP contribution in [-0.2, 0) is 4.79 Å². The van der Waals surface area contributed by atoms with Crippen molar-refractivity contribution < 1.29 is 4.79 Å². The highest BCUT2D eigenvalue weighted by Crippen LogP contribution is 2.23. The Morgan fingerprint density at radius 1 is 0.933 bits per heavy atom. The summed E-state index contributed by atoms with van der Waals surface area (Å²) >= 11 is 0. The van der Waals surface area contributed by atoms with Gasteiger partial charge in [0.05, 0.1) is 0 Å². The van der Waals surface area contributed by atoms with Gasteiger partial charge in [0, 0.05) is 12.7 Å². The van der Waals surface area contributed by atoms with Crippen LogP contribution in [0.3, 0.4) is 0 Å². The molecule has 0 rings (SSSR count). The Balaban J connectivity index is 2.89. The van der Waals surface area contributed by atoms with Gasteiger partial charge in [-0.15, -0.1) is 0 Å². The summed E-state index contributed by atoms with van der Waals surface area (Å²) in [5, 5.41) is 0.222. The highest BCUT2D eigenvalue weighted by atomic mass is 33.1. The van der Waals surface area contributed by atoms with E-state index in [0.29, 0.717) is 0 Å². The van der Waals surface area contributed by atoms with E-state index in [-0.39, 0.29) is 5.12 Å². The minimum atomic E-state index is 0.222.